The zero-order chi connectivity index (χ0) is 19.5. The van der Waals surface area contributed by atoms with Crippen LogP contribution in [0.3, 0.4) is 0 Å². The number of amides is 1. The van der Waals surface area contributed by atoms with Crippen molar-refractivity contribution in [3.05, 3.63) is 65.7 Å². The van der Waals surface area contributed by atoms with Crippen molar-refractivity contribution >= 4 is 23.6 Å². The second-order valence-electron chi connectivity index (χ2n) is 5.51. The first-order valence-corrected chi connectivity index (χ1v) is 8.60. The van der Waals surface area contributed by atoms with Gasteiger partial charge < -0.3 is 19.5 Å². The molecule has 0 aromatic heterocycles. The Kier molecular flexibility index (Phi) is 8.06. The van der Waals surface area contributed by atoms with Gasteiger partial charge in [0.25, 0.3) is 0 Å². The highest BCUT2D eigenvalue weighted by Crippen LogP contribution is 2.14. The molecule has 0 saturated heterocycles. The van der Waals surface area contributed by atoms with Crippen molar-refractivity contribution in [2.75, 3.05) is 32.2 Å². The number of esters is 1. The summed E-state index contributed by atoms with van der Waals surface area (Å²) >= 11 is 0. The van der Waals surface area contributed by atoms with Gasteiger partial charge >= 0.3 is 5.97 Å². The lowest BCUT2D eigenvalue weighted by Crippen LogP contribution is -2.12. The van der Waals surface area contributed by atoms with E-state index in [4.69, 9.17) is 14.2 Å². The molecule has 0 aliphatic carbocycles. The van der Waals surface area contributed by atoms with Crippen LogP contribution < -0.4 is 10.1 Å². The van der Waals surface area contributed by atoms with Crippen molar-refractivity contribution in [1.82, 2.24) is 0 Å². The number of methoxy groups -OCH3 is 1. The van der Waals surface area contributed by atoms with Crippen LogP contribution in [0, 0.1) is 0 Å². The third-order valence-corrected chi connectivity index (χ3v) is 3.57. The molecule has 6 heteroatoms. The Morgan fingerprint density at radius 2 is 1.85 bits per heavy atom. The van der Waals surface area contributed by atoms with Crippen LogP contribution >= 0.6 is 0 Å². The third-order valence-electron chi connectivity index (χ3n) is 3.57. The molecule has 2 rings (SSSR count). The number of rotatable bonds is 9. The molecule has 0 aliphatic heterocycles. The topological polar surface area (TPSA) is 73.9 Å². The van der Waals surface area contributed by atoms with Crippen molar-refractivity contribution in [2.45, 2.75) is 6.92 Å². The molecule has 0 saturated carbocycles. The summed E-state index contributed by atoms with van der Waals surface area (Å²) in [4.78, 5) is 24.1. The van der Waals surface area contributed by atoms with Crippen molar-refractivity contribution in [3.63, 3.8) is 0 Å². The van der Waals surface area contributed by atoms with E-state index in [0.717, 1.165) is 11.3 Å². The van der Waals surface area contributed by atoms with Crippen LogP contribution in [0.25, 0.3) is 6.08 Å². The first-order valence-electron chi connectivity index (χ1n) is 8.60. The van der Waals surface area contributed by atoms with Crippen molar-refractivity contribution in [2.24, 2.45) is 0 Å². The molecule has 1 N–H and O–H groups in total. The zero-order valence-electron chi connectivity index (χ0n) is 15.4. The largest absolute Gasteiger partial charge is 0.497 e. The van der Waals surface area contributed by atoms with Gasteiger partial charge in [-0.15, -0.1) is 0 Å². The SMILES string of the molecule is CCOCCOC(=O)c1cccc(NC(=O)/C=C/c2ccc(OC)cc2)c1. The monoisotopic (exact) mass is 369 g/mol. The van der Waals surface area contributed by atoms with Gasteiger partial charge in [0.1, 0.15) is 12.4 Å². The summed E-state index contributed by atoms with van der Waals surface area (Å²) in [6.45, 7) is 2.99. The summed E-state index contributed by atoms with van der Waals surface area (Å²) in [5.41, 5.74) is 1.75. The molecule has 0 atom stereocenters. The summed E-state index contributed by atoms with van der Waals surface area (Å²) in [5, 5.41) is 2.72. The lowest BCUT2D eigenvalue weighted by atomic mass is 10.2. The maximum absolute atomic E-state index is 12.1. The fourth-order valence-corrected chi connectivity index (χ4v) is 2.22. The number of carbonyl (C=O) groups excluding carboxylic acids is 2. The maximum atomic E-state index is 12.1. The molecule has 142 valence electrons. The lowest BCUT2D eigenvalue weighted by molar-refractivity contribution is -0.111. The summed E-state index contributed by atoms with van der Waals surface area (Å²) < 4.78 is 15.3. The number of nitrogens with one attached hydrogen (secondary N) is 1. The van der Waals surface area contributed by atoms with Crippen LogP contribution in [0.4, 0.5) is 5.69 Å². The molecule has 2 aromatic carbocycles. The molecular weight excluding hydrogens is 346 g/mol. The Bertz CT molecular complexity index is 783. The van der Waals surface area contributed by atoms with Crippen LogP contribution in [-0.4, -0.2) is 38.8 Å². The smallest absolute Gasteiger partial charge is 0.338 e. The summed E-state index contributed by atoms with van der Waals surface area (Å²) in [6.07, 6.45) is 3.12. The van der Waals surface area contributed by atoms with E-state index in [-0.39, 0.29) is 12.5 Å². The Hall–Kier alpha value is -3.12. The van der Waals surface area contributed by atoms with E-state index in [1.54, 1.807) is 37.5 Å². The normalized spacial score (nSPS) is 10.6. The van der Waals surface area contributed by atoms with E-state index < -0.39 is 5.97 Å². The van der Waals surface area contributed by atoms with Gasteiger partial charge in [-0.1, -0.05) is 18.2 Å². The predicted octanol–water partition coefficient (Wildman–Crippen LogP) is 3.54. The Morgan fingerprint density at radius 3 is 2.56 bits per heavy atom. The van der Waals surface area contributed by atoms with Crippen LogP contribution in [0.2, 0.25) is 0 Å². The Labute approximate surface area is 158 Å². The second kappa shape index (κ2) is 10.8. The minimum absolute atomic E-state index is 0.188. The molecule has 0 fully saturated rings. The van der Waals surface area contributed by atoms with Crippen molar-refractivity contribution in [3.8, 4) is 5.75 Å². The van der Waals surface area contributed by atoms with Gasteiger partial charge in [0.05, 0.1) is 19.3 Å². The molecule has 0 unspecified atom stereocenters. The van der Waals surface area contributed by atoms with Crippen LogP contribution in [0.5, 0.6) is 5.75 Å². The predicted molar refractivity (Wildman–Crippen MR) is 104 cm³/mol. The number of hydrogen-bond donors (Lipinski definition) is 1. The maximum Gasteiger partial charge on any atom is 0.338 e. The van der Waals surface area contributed by atoms with E-state index >= 15 is 0 Å². The molecule has 0 bridgehead atoms. The summed E-state index contributed by atoms with van der Waals surface area (Å²) in [7, 11) is 1.60. The highest BCUT2D eigenvalue weighted by atomic mass is 16.6. The van der Waals surface area contributed by atoms with Gasteiger partial charge in [-0.2, -0.15) is 0 Å². The average molecular weight is 369 g/mol. The first-order chi connectivity index (χ1) is 13.1. The van der Waals surface area contributed by atoms with Crippen LogP contribution in [-0.2, 0) is 14.3 Å². The van der Waals surface area contributed by atoms with Gasteiger partial charge in [-0.3, -0.25) is 4.79 Å². The molecule has 0 aliphatic rings. The molecule has 0 spiro atoms. The lowest BCUT2D eigenvalue weighted by Gasteiger charge is -2.07. The Morgan fingerprint density at radius 1 is 1.07 bits per heavy atom. The van der Waals surface area contributed by atoms with Crippen molar-refractivity contribution < 1.29 is 23.8 Å². The standard InChI is InChI=1S/C21H23NO5/c1-3-26-13-14-27-21(24)17-5-4-6-18(15-17)22-20(23)12-9-16-7-10-19(25-2)11-8-16/h4-12,15H,3,13-14H2,1-2H3,(H,22,23)/b12-9+. The minimum Gasteiger partial charge on any atom is -0.497 e. The summed E-state index contributed by atoms with van der Waals surface area (Å²) in [5.74, 6) is -0.00572. The molecule has 0 radical (unpaired) electrons. The highest BCUT2D eigenvalue weighted by molar-refractivity contribution is 6.02. The van der Waals surface area contributed by atoms with Crippen LogP contribution in [0.15, 0.2) is 54.6 Å². The molecule has 6 nitrogen and oxygen atoms in total. The average Bonchev–Trinajstić information content (AvgIpc) is 2.70. The molecule has 0 heterocycles. The molecule has 2 aromatic rings. The quantitative estimate of drug-likeness (QED) is 0.416. The van der Waals surface area contributed by atoms with Gasteiger partial charge in [0.15, 0.2) is 0 Å². The number of hydrogen-bond acceptors (Lipinski definition) is 5. The summed E-state index contributed by atoms with van der Waals surface area (Å²) in [6, 6.07) is 13.9. The van der Waals surface area contributed by atoms with E-state index in [0.29, 0.717) is 24.5 Å². The van der Waals surface area contributed by atoms with E-state index in [9.17, 15) is 9.59 Å². The van der Waals surface area contributed by atoms with E-state index in [1.807, 2.05) is 31.2 Å². The fraction of sp³-hybridized carbons (Fsp3) is 0.238. The molecule has 1 amide bonds. The minimum atomic E-state index is -0.459. The van der Waals surface area contributed by atoms with Crippen LogP contribution in [0.1, 0.15) is 22.8 Å². The fourth-order valence-electron chi connectivity index (χ4n) is 2.22. The highest BCUT2D eigenvalue weighted by Gasteiger charge is 2.08. The molecule has 27 heavy (non-hydrogen) atoms. The Balaban J connectivity index is 1.91. The number of carbonyl (C=O) groups is 2. The first kappa shape index (κ1) is 20.2. The zero-order valence-corrected chi connectivity index (χ0v) is 15.4. The van der Waals surface area contributed by atoms with Gasteiger partial charge in [-0.25, -0.2) is 4.79 Å². The van der Waals surface area contributed by atoms with Crippen molar-refractivity contribution in [1.29, 1.82) is 0 Å². The van der Waals surface area contributed by atoms with Gasteiger partial charge in [-0.05, 0) is 48.9 Å². The van der Waals surface area contributed by atoms with Gasteiger partial charge in [0.2, 0.25) is 5.91 Å². The van der Waals surface area contributed by atoms with E-state index in [1.165, 1.54) is 6.08 Å². The third kappa shape index (κ3) is 6.95. The van der Waals surface area contributed by atoms with E-state index in [2.05, 4.69) is 5.32 Å². The number of ether oxygens (including phenoxy) is 3. The second-order valence-corrected chi connectivity index (χ2v) is 5.51. The number of benzene rings is 2. The molecular formula is C21H23NO5. The van der Waals surface area contributed by atoms with Gasteiger partial charge in [0, 0.05) is 18.4 Å². The number of anilines is 1.